The van der Waals surface area contributed by atoms with Gasteiger partial charge < -0.3 is 19.7 Å². The van der Waals surface area contributed by atoms with Crippen LogP contribution in [0.4, 0.5) is 17.3 Å². The minimum absolute atomic E-state index is 0.0132. The van der Waals surface area contributed by atoms with E-state index in [1.54, 1.807) is 22.7 Å². The Kier molecular flexibility index (Phi) is 7.75. The van der Waals surface area contributed by atoms with Crippen LogP contribution in [0.2, 0.25) is 0 Å². The number of hydrogen-bond donors (Lipinski definition) is 1. The molecule has 0 atom stereocenters. The fourth-order valence-electron chi connectivity index (χ4n) is 6.98. The normalized spacial score (nSPS) is 19.0. The molecule has 10 nitrogen and oxygen atoms in total. The summed E-state index contributed by atoms with van der Waals surface area (Å²) in [5, 5.41) is 4.98. The van der Waals surface area contributed by atoms with Gasteiger partial charge in [-0.1, -0.05) is 18.2 Å². The number of benzene rings is 2. The van der Waals surface area contributed by atoms with Crippen LogP contribution in [0.15, 0.2) is 77.9 Å². The van der Waals surface area contributed by atoms with Crippen molar-refractivity contribution in [2.24, 2.45) is 0 Å². The largest absolute Gasteiger partial charge is 0.344 e. The summed E-state index contributed by atoms with van der Waals surface area (Å²) in [6.07, 6.45) is 14.4. The molecule has 1 fully saturated rings. The summed E-state index contributed by atoms with van der Waals surface area (Å²) in [6.45, 7) is 2.62. The monoisotopic (exact) mass is 604 g/mol. The Labute approximate surface area is 262 Å². The highest BCUT2D eigenvalue weighted by Crippen LogP contribution is 2.34. The van der Waals surface area contributed by atoms with E-state index in [4.69, 9.17) is 4.98 Å². The summed E-state index contributed by atoms with van der Waals surface area (Å²) < 4.78 is 5.95. The van der Waals surface area contributed by atoms with E-state index in [1.807, 2.05) is 35.0 Å². The number of nitrogens with one attached hydrogen (secondary N) is 1. The highest BCUT2D eigenvalue weighted by Gasteiger charge is 2.24. The lowest BCUT2D eigenvalue weighted by molar-refractivity contribution is -0.116. The van der Waals surface area contributed by atoms with Crippen LogP contribution in [0, 0.1) is 0 Å². The van der Waals surface area contributed by atoms with Crippen molar-refractivity contribution in [1.82, 2.24) is 28.8 Å². The van der Waals surface area contributed by atoms with Gasteiger partial charge in [-0.2, -0.15) is 4.98 Å². The summed E-state index contributed by atoms with van der Waals surface area (Å²) in [5.41, 5.74) is 4.02. The zero-order valence-corrected chi connectivity index (χ0v) is 26.2. The van der Waals surface area contributed by atoms with Gasteiger partial charge in [-0.15, -0.1) is 0 Å². The van der Waals surface area contributed by atoms with Crippen molar-refractivity contribution in [3.05, 3.63) is 83.4 Å². The standard InChI is InChI=1S/C35H40N8O2/c1-24(44)40-18-6-4-5-7-19-42-34(45)31-23-36-35(38-33(31)43(42)30-10-8-9-29(40)22-30)37-26-11-16-32-25(21-26)17-20-41(32)28-14-12-27(13-15-28)39(2)3/h5,7-11,16-17,20-23,27-28H,4,6,12-15,18-19H2,1-3H3,(H,36,37,38). The van der Waals surface area contributed by atoms with Crippen LogP contribution in [-0.4, -0.2) is 61.4 Å². The number of hydrogen-bond acceptors (Lipinski definition) is 6. The number of carbonyl (C=O) groups is 1. The molecule has 0 radical (unpaired) electrons. The Balaban J connectivity index is 1.22. The van der Waals surface area contributed by atoms with Crippen LogP contribution in [0.25, 0.3) is 27.6 Å². The van der Waals surface area contributed by atoms with E-state index < -0.39 is 0 Å². The molecule has 0 saturated heterocycles. The molecule has 1 aliphatic carbocycles. The van der Waals surface area contributed by atoms with Crippen LogP contribution in [0.3, 0.4) is 0 Å². The molecule has 1 N–H and O–H groups in total. The Morgan fingerprint density at radius 3 is 2.62 bits per heavy atom. The topological polar surface area (TPSA) is 93.2 Å². The smallest absolute Gasteiger partial charge is 0.278 e. The van der Waals surface area contributed by atoms with E-state index in [-0.39, 0.29) is 11.5 Å². The molecule has 7 rings (SSSR count). The minimum atomic E-state index is -0.158. The molecule has 2 aromatic carbocycles. The van der Waals surface area contributed by atoms with Gasteiger partial charge in [-0.3, -0.25) is 9.59 Å². The van der Waals surface area contributed by atoms with Gasteiger partial charge in [0.25, 0.3) is 5.56 Å². The van der Waals surface area contributed by atoms with E-state index in [0.717, 1.165) is 29.9 Å². The van der Waals surface area contributed by atoms with Gasteiger partial charge in [-0.05, 0) is 95.1 Å². The average Bonchev–Trinajstić information content (AvgIpc) is 3.58. The maximum absolute atomic E-state index is 13.6. The van der Waals surface area contributed by atoms with Gasteiger partial charge in [0.1, 0.15) is 5.39 Å². The summed E-state index contributed by atoms with van der Waals surface area (Å²) in [5.74, 6) is 0.396. The molecule has 1 saturated carbocycles. The Morgan fingerprint density at radius 1 is 1.00 bits per heavy atom. The van der Waals surface area contributed by atoms with Crippen molar-refractivity contribution in [3.8, 4) is 5.69 Å². The summed E-state index contributed by atoms with van der Waals surface area (Å²) in [6, 6.07) is 17.5. The van der Waals surface area contributed by atoms with Crippen molar-refractivity contribution in [2.45, 2.75) is 64.1 Å². The second-order valence-corrected chi connectivity index (χ2v) is 12.5. The second-order valence-electron chi connectivity index (χ2n) is 12.5. The molecule has 5 aromatic rings. The first-order valence-corrected chi connectivity index (χ1v) is 15.9. The molecule has 0 unspecified atom stereocenters. The first kappa shape index (κ1) is 29.0. The third kappa shape index (κ3) is 5.55. The number of amides is 1. The SMILES string of the molecule is CC(=O)N1CCCC=CCn2c(=O)c3cnc(Nc4ccc5c(ccn5C5CCC(N(C)C)CC5)c4)nc3n2-c2cccc1c2. The molecule has 0 spiro atoms. The summed E-state index contributed by atoms with van der Waals surface area (Å²) >= 11 is 0. The molecule has 2 aliphatic rings. The van der Waals surface area contributed by atoms with E-state index in [1.165, 1.54) is 36.6 Å². The van der Waals surface area contributed by atoms with Crippen molar-refractivity contribution >= 4 is 45.2 Å². The van der Waals surface area contributed by atoms with Crippen molar-refractivity contribution < 1.29 is 4.79 Å². The average molecular weight is 605 g/mol. The second kappa shape index (κ2) is 12.0. The minimum Gasteiger partial charge on any atom is -0.344 e. The maximum atomic E-state index is 13.6. The fourth-order valence-corrected chi connectivity index (χ4v) is 6.98. The van der Waals surface area contributed by atoms with Crippen LogP contribution in [0.5, 0.6) is 0 Å². The molecule has 4 heterocycles. The molecule has 2 bridgehead atoms. The molecule has 10 heteroatoms. The quantitative estimate of drug-likeness (QED) is 0.252. The zero-order valence-electron chi connectivity index (χ0n) is 26.2. The lowest BCUT2D eigenvalue weighted by Crippen LogP contribution is -2.32. The van der Waals surface area contributed by atoms with E-state index in [0.29, 0.717) is 42.2 Å². The number of fused-ring (bicyclic) bond motifs is 7. The number of allylic oxidation sites excluding steroid dienone is 2. The van der Waals surface area contributed by atoms with Crippen LogP contribution in [-0.2, 0) is 11.3 Å². The molecule has 3 aromatic heterocycles. The Hall–Kier alpha value is -4.70. The number of aromatic nitrogens is 5. The van der Waals surface area contributed by atoms with Gasteiger partial charge in [0, 0.05) is 60.2 Å². The third-order valence-corrected chi connectivity index (χ3v) is 9.41. The summed E-state index contributed by atoms with van der Waals surface area (Å²) in [4.78, 5) is 39.7. The molecular weight excluding hydrogens is 564 g/mol. The molecule has 1 amide bonds. The van der Waals surface area contributed by atoms with Gasteiger partial charge in [0.15, 0.2) is 5.65 Å². The first-order valence-electron chi connectivity index (χ1n) is 15.9. The molecular formula is C35H40N8O2. The van der Waals surface area contributed by atoms with Crippen molar-refractivity contribution in [3.63, 3.8) is 0 Å². The predicted octanol–water partition coefficient (Wildman–Crippen LogP) is 6.03. The Morgan fingerprint density at radius 2 is 1.82 bits per heavy atom. The Bertz CT molecular complexity index is 1960. The fraction of sp³-hybridized carbons (Fsp3) is 0.371. The lowest BCUT2D eigenvalue weighted by atomic mass is 9.90. The van der Waals surface area contributed by atoms with Crippen molar-refractivity contribution in [1.29, 1.82) is 0 Å². The van der Waals surface area contributed by atoms with Gasteiger partial charge in [-0.25, -0.2) is 14.3 Å². The molecule has 45 heavy (non-hydrogen) atoms. The number of anilines is 3. The van der Waals surface area contributed by atoms with Crippen LogP contribution >= 0.6 is 0 Å². The zero-order chi connectivity index (χ0) is 31.1. The number of nitrogens with zero attached hydrogens (tertiary/aromatic N) is 7. The van der Waals surface area contributed by atoms with E-state index in [2.05, 4.69) is 70.4 Å². The summed E-state index contributed by atoms with van der Waals surface area (Å²) in [7, 11) is 4.36. The van der Waals surface area contributed by atoms with Gasteiger partial charge >= 0.3 is 0 Å². The highest BCUT2D eigenvalue weighted by atomic mass is 16.2. The highest BCUT2D eigenvalue weighted by molar-refractivity contribution is 5.92. The molecule has 232 valence electrons. The predicted molar refractivity (Wildman–Crippen MR) is 180 cm³/mol. The third-order valence-electron chi connectivity index (χ3n) is 9.41. The van der Waals surface area contributed by atoms with E-state index in [9.17, 15) is 9.59 Å². The van der Waals surface area contributed by atoms with Crippen molar-refractivity contribution in [2.75, 3.05) is 30.9 Å². The van der Waals surface area contributed by atoms with Crippen LogP contribution in [0.1, 0.15) is 51.5 Å². The van der Waals surface area contributed by atoms with E-state index >= 15 is 0 Å². The lowest BCUT2D eigenvalue weighted by Gasteiger charge is -2.33. The van der Waals surface area contributed by atoms with Gasteiger partial charge in [0.05, 0.1) is 12.2 Å². The number of rotatable bonds is 4. The maximum Gasteiger partial charge on any atom is 0.278 e. The van der Waals surface area contributed by atoms with Gasteiger partial charge in [0.2, 0.25) is 11.9 Å². The number of carbonyl (C=O) groups excluding carboxylic acids is 1. The first-order chi connectivity index (χ1) is 21.9. The van der Waals surface area contributed by atoms with Crippen LogP contribution < -0.4 is 15.8 Å². The molecule has 1 aliphatic heterocycles.